The number of aliphatic hydroxyl groups is 3. The van der Waals surface area contributed by atoms with Crippen molar-refractivity contribution in [2.45, 2.75) is 46.0 Å². The number of rotatable bonds is 3. The molecule has 0 aromatic carbocycles. The Bertz CT molecular complexity index is 93.5. The van der Waals surface area contributed by atoms with E-state index in [4.69, 9.17) is 15.3 Å². The van der Waals surface area contributed by atoms with E-state index in [0.717, 1.165) is 6.42 Å². The average Bonchev–Trinajstić information content (AvgIpc) is 1.55. The molecule has 68 valence electrons. The second-order valence-electron chi connectivity index (χ2n) is 4.19. The molecule has 3 nitrogen and oxygen atoms in total. The van der Waals surface area contributed by atoms with Gasteiger partial charge in [-0.15, -0.1) is 0 Å². The van der Waals surface area contributed by atoms with Gasteiger partial charge in [-0.2, -0.15) is 0 Å². The molecule has 0 aromatic heterocycles. The first kappa shape index (κ1) is 10.9. The van der Waals surface area contributed by atoms with E-state index in [-0.39, 0.29) is 11.8 Å². The summed E-state index contributed by atoms with van der Waals surface area (Å²) in [4.78, 5) is 0. The molecule has 0 saturated heterocycles. The Morgan fingerprint density at radius 1 is 0.909 bits per heavy atom. The molecular weight excluding hydrogens is 144 g/mol. The van der Waals surface area contributed by atoms with Crippen molar-refractivity contribution in [3.05, 3.63) is 0 Å². The van der Waals surface area contributed by atoms with Gasteiger partial charge in [-0.05, 0) is 18.3 Å². The Morgan fingerprint density at radius 2 is 1.36 bits per heavy atom. The predicted octanol–water partition coefficient (Wildman–Crippen LogP) is 0.833. The maximum absolute atomic E-state index is 8.53. The Morgan fingerprint density at radius 3 is 1.64 bits per heavy atom. The molecular formula is C8H18O3. The zero-order valence-corrected chi connectivity index (χ0v) is 7.46. The van der Waals surface area contributed by atoms with Crippen LogP contribution in [0.25, 0.3) is 0 Å². The van der Waals surface area contributed by atoms with Crippen LogP contribution in [0.5, 0.6) is 0 Å². The van der Waals surface area contributed by atoms with E-state index < -0.39 is 5.97 Å². The zero-order valence-electron chi connectivity index (χ0n) is 7.46. The molecule has 0 aromatic rings. The van der Waals surface area contributed by atoms with Crippen molar-refractivity contribution >= 4 is 0 Å². The third-order valence-electron chi connectivity index (χ3n) is 1.44. The molecule has 0 atom stereocenters. The van der Waals surface area contributed by atoms with Crippen molar-refractivity contribution in [2.75, 3.05) is 0 Å². The van der Waals surface area contributed by atoms with E-state index in [0.29, 0.717) is 6.42 Å². The van der Waals surface area contributed by atoms with Gasteiger partial charge in [0.1, 0.15) is 0 Å². The lowest BCUT2D eigenvalue weighted by atomic mass is 9.90. The molecule has 3 heteroatoms. The monoisotopic (exact) mass is 162 g/mol. The fourth-order valence-corrected chi connectivity index (χ4v) is 0.856. The summed E-state index contributed by atoms with van der Waals surface area (Å²) in [6, 6.07) is 0. The highest BCUT2D eigenvalue weighted by Gasteiger charge is 2.19. The van der Waals surface area contributed by atoms with Crippen LogP contribution in [-0.4, -0.2) is 21.3 Å². The molecule has 0 rings (SSSR count). The van der Waals surface area contributed by atoms with E-state index in [2.05, 4.69) is 20.8 Å². The molecule has 0 spiro atoms. The van der Waals surface area contributed by atoms with Gasteiger partial charge in [0.15, 0.2) is 0 Å². The second-order valence-corrected chi connectivity index (χ2v) is 4.19. The molecule has 0 saturated carbocycles. The highest BCUT2D eigenvalue weighted by atomic mass is 16.7. The van der Waals surface area contributed by atoms with Gasteiger partial charge in [-0.25, -0.2) is 0 Å². The van der Waals surface area contributed by atoms with Crippen molar-refractivity contribution < 1.29 is 15.3 Å². The van der Waals surface area contributed by atoms with Crippen LogP contribution in [0.15, 0.2) is 0 Å². The Labute approximate surface area is 67.7 Å². The molecule has 0 heterocycles. The van der Waals surface area contributed by atoms with Crippen LogP contribution in [-0.2, 0) is 0 Å². The molecule has 11 heavy (non-hydrogen) atoms. The highest BCUT2D eigenvalue weighted by molar-refractivity contribution is 4.62. The number of hydrogen-bond donors (Lipinski definition) is 3. The van der Waals surface area contributed by atoms with Gasteiger partial charge in [-0.1, -0.05) is 20.8 Å². The SMILES string of the molecule is CC(C)(C)CCCC(O)(O)O. The molecule has 3 N–H and O–H groups in total. The largest absolute Gasteiger partial charge is 0.344 e. The van der Waals surface area contributed by atoms with Crippen LogP contribution in [0.1, 0.15) is 40.0 Å². The molecule has 0 radical (unpaired) electrons. The van der Waals surface area contributed by atoms with Crippen LogP contribution in [0.3, 0.4) is 0 Å². The summed E-state index contributed by atoms with van der Waals surface area (Å²) in [6.45, 7) is 6.21. The molecule has 0 amide bonds. The summed E-state index contributed by atoms with van der Waals surface area (Å²) < 4.78 is 0. The van der Waals surface area contributed by atoms with E-state index in [1.54, 1.807) is 0 Å². The van der Waals surface area contributed by atoms with Gasteiger partial charge >= 0.3 is 0 Å². The molecule has 0 aliphatic heterocycles. The Hall–Kier alpha value is -0.120. The van der Waals surface area contributed by atoms with Gasteiger partial charge in [-0.3, -0.25) is 0 Å². The van der Waals surface area contributed by atoms with Gasteiger partial charge in [0.2, 0.25) is 0 Å². The lowest BCUT2D eigenvalue weighted by Gasteiger charge is -2.20. The van der Waals surface area contributed by atoms with E-state index >= 15 is 0 Å². The van der Waals surface area contributed by atoms with E-state index in [9.17, 15) is 0 Å². The molecule has 0 fully saturated rings. The van der Waals surface area contributed by atoms with Crippen molar-refractivity contribution in [3.8, 4) is 0 Å². The second kappa shape index (κ2) is 3.52. The fourth-order valence-electron chi connectivity index (χ4n) is 0.856. The predicted molar refractivity (Wildman–Crippen MR) is 42.7 cm³/mol. The van der Waals surface area contributed by atoms with E-state index in [1.807, 2.05) is 0 Å². The van der Waals surface area contributed by atoms with Crippen molar-refractivity contribution in [3.63, 3.8) is 0 Å². The number of hydrogen-bond acceptors (Lipinski definition) is 3. The Balaban J connectivity index is 3.44. The minimum atomic E-state index is -2.48. The maximum atomic E-state index is 8.53. The van der Waals surface area contributed by atoms with Gasteiger partial charge in [0.05, 0.1) is 0 Å². The summed E-state index contributed by atoms with van der Waals surface area (Å²) in [5, 5.41) is 25.6. The topological polar surface area (TPSA) is 60.7 Å². The van der Waals surface area contributed by atoms with Gasteiger partial charge in [0, 0.05) is 6.42 Å². The third kappa shape index (κ3) is 9.88. The zero-order chi connectivity index (χ0) is 9.12. The standard InChI is InChI=1S/C8H18O3/c1-7(2,3)5-4-6-8(9,10)11/h9-11H,4-6H2,1-3H3. The first-order chi connectivity index (χ1) is 4.71. The fraction of sp³-hybridized carbons (Fsp3) is 1.00. The van der Waals surface area contributed by atoms with Gasteiger partial charge < -0.3 is 15.3 Å². The summed E-state index contributed by atoms with van der Waals surface area (Å²) in [5.74, 6) is -2.48. The lowest BCUT2D eigenvalue weighted by Crippen LogP contribution is -2.27. The molecule has 0 bridgehead atoms. The summed E-state index contributed by atoms with van der Waals surface area (Å²) in [6.07, 6.45) is 1.51. The van der Waals surface area contributed by atoms with Crippen LogP contribution >= 0.6 is 0 Å². The highest BCUT2D eigenvalue weighted by Crippen LogP contribution is 2.22. The average molecular weight is 162 g/mol. The van der Waals surface area contributed by atoms with E-state index in [1.165, 1.54) is 0 Å². The first-order valence-electron chi connectivity index (χ1n) is 3.88. The minimum absolute atomic E-state index is 0.0181. The van der Waals surface area contributed by atoms with Crippen LogP contribution in [0.4, 0.5) is 0 Å². The third-order valence-corrected chi connectivity index (χ3v) is 1.44. The van der Waals surface area contributed by atoms with Crippen LogP contribution in [0.2, 0.25) is 0 Å². The van der Waals surface area contributed by atoms with Crippen LogP contribution in [0, 0.1) is 5.41 Å². The van der Waals surface area contributed by atoms with Gasteiger partial charge in [0.25, 0.3) is 5.97 Å². The van der Waals surface area contributed by atoms with Crippen molar-refractivity contribution in [2.24, 2.45) is 5.41 Å². The molecule has 0 aliphatic carbocycles. The smallest absolute Gasteiger partial charge is 0.275 e. The quantitative estimate of drug-likeness (QED) is 0.539. The van der Waals surface area contributed by atoms with Crippen molar-refractivity contribution in [1.29, 1.82) is 0 Å². The molecule has 0 unspecified atom stereocenters. The summed E-state index contributed by atoms with van der Waals surface area (Å²) in [5.41, 5.74) is 0.186. The maximum Gasteiger partial charge on any atom is 0.275 e. The lowest BCUT2D eigenvalue weighted by molar-refractivity contribution is -0.315. The first-order valence-corrected chi connectivity index (χ1v) is 3.88. The minimum Gasteiger partial charge on any atom is -0.344 e. The Kier molecular flexibility index (Phi) is 3.48. The summed E-state index contributed by atoms with van der Waals surface area (Å²) in [7, 11) is 0. The summed E-state index contributed by atoms with van der Waals surface area (Å²) >= 11 is 0. The normalized spacial score (nSPS) is 13.6. The van der Waals surface area contributed by atoms with Crippen LogP contribution < -0.4 is 0 Å². The molecule has 0 aliphatic rings. The van der Waals surface area contributed by atoms with Crippen molar-refractivity contribution in [1.82, 2.24) is 0 Å².